The number of amides is 1. The van der Waals surface area contributed by atoms with Crippen LogP contribution in [-0.2, 0) is 26.0 Å². The van der Waals surface area contributed by atoms with E-state index in [1.807, 2.05) is 30.3 Å². The lowest BCUT2D eigenvalue weighted by atomic mass is 9.85. The van der Waals surface area contributed by atoms with Crippen molar-refractivity contribution in [2.24, 2.45) is 5.92 Å². The van der Waals surface area contributed by atoms with Crippen LogP contribution in [0.15, 0.2) is 89.8 Å². The van der Waals surface area contributed by atoms with Gasteiger partial charge in [-0.25, -0.2) is 17.5 Å². The third-order valence-corrected chi connectivity index (χ3v) is 7.43. The number of carbonyl (C=O) groups is 2. The second-order valence-electron chi connectivity index (χ2n) is 7.72. The van der Waals surface area contributed by atoms with Crippen molar-refractivity contribution in [3.63, 3.8) is 0 Å². The number of sulfonamides is 1. The molecule has 2 atom stereocenters. The highest BCUT2D eigenvalue weighted by Gasteiger charge is 2.54. The molecule has 0 saturated carbocycles. The molecule has 0 unspecified atom stereocenters. The number of esters is 1. The van der Waals surface area contributed by atoms with Crippen molar-refractivity contribution in [2.45, 2.75) is 17.4 Å². The van der Waals surface area contributed by atoms with Crippen LogP contribution >= 0.6 is 0 Å². The monoisotopic (exact) mass is 480 g/mol. The second-order valence-corrected chi connectivity index (χ2v) is 9.53. The third kappa shape index (κ3) is 4.53. The Morgan fingerprint density at radius 3 is 2.12 bits per heavy atom. The van der Waals surface area contributed by atoms with Gasteiger partial charge < -0.3 is 4.74 Å². The topological polar surface area (TPSA) is 124 Å². The zero-order chi connectivity index (χ0) is 24.3. The summed E-state index contributed by atoms with van der Waals surface area (Å²) in [6, 6.07) is 20.7. The van der Waals surface area contributed by atoms with Crippen molar-refractivity contribution in [3.8, 4) is 0 Å². The summed E-state index contributed by atoms with van der Waals surface area (Å²) in [6.45, 7) is -0.316. The maximum absolute atomic E-state index is 13.2. The molecule has 1 fully saturated rings. The number of nitro groups is 1. The fourth-order valence-corrected chi connectivity index (χ4v) is 5.46. The smallest absolute Gasteiger partial charge is 0.338 e. The highest BCUT2D eigenvalue weighted by molar-refractivity contribution is 7.89. The van der Waals surface area contributed by atoms with E-state index in [1.165, 1.54) is 0 Å². The number of hydrogen-bond donors (Lipinski definition) is 0. The average Bonchev–Trinajstić information content (AvgIpc) is 2.85. The minimum atomic E-state index is -4.31. The fourth-order valence-electron chi connectivity index (χ4n) is 3.82. The van der Waals surface area contributed by atoms with Gasteiger partial charge in [0.25, 0.3) is 15.7 Å². The van der Waals surface area contributed by atoms with Crippen LogP contribution < -0.4 is 0 Å². The van der Waals surface area contributed by atoms with Gasteiger partial charge in [-0.3, -0.25) is 14.9 Å². The number of rotatable bonds is 8. The molecule has 0 aromatic heterocycles. The number of nitro benzene ring substituents is 1. The van der Waals surface area contributed by atoms with Crippen LogP contribution in [0.5, 0.6) is 0 Å². The molecule has 0 aliphatic carbocycles. The molecule has 34 heavy (non-hydrogen) atoms. The lowest BCUT2D eigenvalue weighted by Gasteiger charge is -2.45. The molecule has 10 heteroatoms. The highest BCUT2D eigenvalue weighted by Crippen LogP contribution is 2.36. The van der Waals surface area contributed by atoms with E-state index in [1.54, 1.807) is 30.3 Å². The largest absolute Gasteiger partial charge is 0.460 e. The number of hydrogen-bond acceptors (Lipinski definition) is 7. The molecule has 1 heterocycles. The van der Waals surface area contributed by atoms with E-state index in [0.717, 1.165) is 29.8 Å². The predicted molar refractivity (Wildman–Crippen MR) is 121 cm³/mol. The van der Waals surface area contributed by atoms with Crippen LogP contribution in [-0.4, -0.2) is 42.2 Å². The molecule has 1 aliphatic rings. The molecule has 4 rings (SSSR count). The molecule has 1 aliphatic heterocycles. The number of benzene rings is 3. The van der Waals surface area contributed by atoms with Gasteiger partial charge in [-0.15, -0.1) is 0 Å². The molecule has 0 radical (unpaired) electrons. The summed E-state index contributed by atoms with van der Waals surface area (Å²) in [5, 5.41) is 10.9. The Kier molecular flexibility index (Phi) is 6.42. The Morgan fingerprint density at radius 2 is 1.53 bits per heavy atom. The van der Waals surface area contributed by atoms with Crippen LogP contribution in [0.3, 0.4) is 0 Å². The van der Waals surface area contributed by atoms with E-state index in [2.05, 4.69) is 0 Å². The van der Waals surface area contributed by atoms with E-state index < -0.39 is 38.8 Å². The molecule has 0 N–H and O–H groups in total. The first-order chi connectivity index (χ1) is 16.3. The summed E-state index contributed by atoms with van der Waals surface area (Å²) >= 11 is 0. The normalized spacial score (nSPS) is 17.6. The molecule has 3 aromatic carbocycles. The Morgan fingerprint density at radius 1 is 0.941 bits per heavy atom. The summed E-state index contributed by atoms with van der Waals surface area (Å²) in [5.41, 5.74) is 0.870. The van der Waals surface area contributed by atoms with E-state index in [0.29, 0.717) is 9.87 Å². The molecular formula is C24H20N2O7S. The van der Waals surface area contributed by atoms with Gasteiger partial charge in [0.1, 0.15) is 6.61 Å². The summed E-state index contributed by atoms with van der Waals surface area (Å²) in [6.07, 6.45) is 0.277. The quantitative estimate of drug-likeness (QED) is 0.210. The number of β-lactam (4-membered cyclic amide) rings is 1. The second kappa shape index (κ2) is 9.44. The van der Waals surface area contributed by atoms with Crippen molar-refractivity contribution < 1.29 is 27.7 Å². The Bertz CT molecular complexity index is 1310. The molecular weight excluding hydrogens is 460 g/mol. The zero-order valence-corrected chi connectivity index (χ0v) is 18.6. The SMILES string of the molecule is O=C(OC[C@H]1[C@@H](Cc2ccccc2)C(=O)N1S(=O)(=O)c1ccc([N+](=O)[O-])cc1)c1ccccc1. The Labute approximate surface area is 195 Å². The van der Waals surface area contributed by atoms with Crippen LogP contribution in [0.1, 0.15) is 15.9 Å². The van der Waals surface area contributed by atoms with Gasteiger partial charge in [-0.1, -0.05) is 48.5 Å². The summed E-state index contributed by atoms with van der Waals surface area (Å²) in [4.78, 5) is 35.4. The van der Waals surface area contributed by atoms with E-state index in [4.69, 9.17) is 4.74 Å². The highest BCUT2D eigenvalue weighted by atomic mass is 32.2. The van der Waals surface area contributed by atoms with Crippen LogP contribution in [0.25, 0.3) is 0 Å². The van der Waals surface area contributed by atoms with Gasteiger partial charge in [-0.2, -0.15) is 0 Å². The van der Waals surface area contributed by atoms with E-state index in [-0.39, 0.29) is 23.6 Å². The zero-order valence-electron chi connectivity index (χ0n) is 17.8. The van der Waals surface area contributed by atoms with Gasteiger partial charge in [0, 0.05) is 12.1 Å². The predicted octanol–water partition coefficient (Wildman–Crippen LogP) is 3.21. The molecule has 0 spiro atoms. The third-order valence-electron chi connectivity index (χ3n) is 5.60. The summed E-state index contributed by atoms with van der Waals surface area (Å²) < 4.78 is 32.5. The van der Waals surface area contributed by atoms with Gasteiger partial charge in [0.05, 0.1) is 27.3 Å². The molecule has 3 aromatic rings. The van der Waals surface area contributed by atoms with Gasteiger partial charge >= 0.3 is 5.97 Å². The van der Waals surface area contributed by atoms with Crippen molar-refractivity contribution in [3.05, 3.63) is 106 Å². The Hall–Kier alpha value is -4.05. The van der Waals surface area contributed by atoms with Gasteiger partial charge in [0.15, 0.2) is 0 Å². The van der Waals surface area contributed by atoms with Crippen molar-refractivity contribution in [1.82, 2.24) is 4.31 Å². The standard InChI is InChI=1S/C24H20N2O7S/c27-23-21(15-17-7-3-1-4-8-17)22(16-33-24(28)18-9-5-2-6-10-18)25(23)34(31,32)20-13-11-19(12-14-20)26(29)30/h1-14,21-22H,15-16H2/t21-,22+/m1/s1. The number of non-ortho nitro benzene ring substituents is 1. The minimum absolute atomic E-state index is 0.260. The average molecular weight is 480 g/mol. The molecule has 9 nitrogen and oxygen atoms in total. The van der Waals surface area contributed by atoms with Gasteiger partial charge in [0.2, 0.25) is 5.91 Å². The van der Waals surface area contributed by atoms with Crippen molar-refractivity contribution in [1.29, 1.82) is 0 Å². The molecule has 174 valence electrons. The lowest BCUT2D eigenvalue weighted by molar-refractivity contribution is -0.384. The molecule has 0 bridgehead atoms. The van der Waals surface area contributed by atoms with E-state index >= 15 is 0 Å². The molecule has 1 saturated heterocycles. The minimum Gasteiger partial charge on any atom is -0.460 e. The van der Waals surface area contributed by atoms with Crippen molar-refractivity contribution in [2.75, 3.05) is 6.61 Å². The van der Waals surface area contributed by atoms with E-state index in [9.17, 15) is 28.1 Å². The summed E-state index contributed by atoms with van der Waals surface area (Å²) in [7, 11) is -4.31. The van der Waals surface area contributed by atoms with Crippen LogP contribution in [0, 0.1) is 16.0 Å². The fraction of sp³-hybridized carbons (Fsp3) is 0.167. The number of ether oxygens (including phenoxy) is 1. The first-order valence-corrected chi connectivity index (χ1v) is 11.8. The Balaban J connectivity index is 1.59. The lowest BCUT2D eigenvalue weighted by Crippen LogP contribution is -2.65. The van der Waals surface area contributed by atoms with Crippen LogP contribution in [0.2, 0.25) is 0 Å². The molecule has 1 amide bonds. The summed E-state index contributed by atoms with van der Waals surface area (Å²) in [5.74, 6) is -1.96. The maximum Gasteiger partial charge on any atom is 0.338 e. The van der Waals surface area contributed by atoms with Gasteiger partial charge in [-0.05, 0) is 36.2 Å². The van der Waals surface area contributed by atoms with Crippen molar-refractivity contribution >= 4 is 27.6 Å². The number of nitrogens with zero attached hydrogens (tertiary/aromatic N) is 2. The maximum atomic E-state index is 13.2. The first-order valence-electron chi connectivity index (χ1n) is 10.4. The first kappa shape index (κ1) is 23.1. The number of carbonyl (C=O) groups excluding carboxylic acids is 2. The van der Waals surface area contributed by atoms with Crippen LogP contribution in [0.4, 0.5) is 5.69 Å².